The van der Waals surface area contributed by atoms with Crippen molar-refractivity contribution in [3.63, 3.8) is 0 Å². The lowest BCUT2D eigenvalue weighted by molar-refractivity contribution is 0.904. The Morgan fingerprint density at radius 2 is 2.15 bits per heavy atom. The van der Waals surface area contributed by atoms with Gasteiger partial charge in [-0.1, -0.05) is 6.08 Å². The van der Waals surface area contributed by atoms with Crippen LogP contribution >= 0.6 is 35.3 Å². The fourth-order valence-electron chi connectivity index (χ4n) is 0.946. The second-order valence-electron chi connectivity index (χ2n) is 3.34. The molecule has 13 heavy (non-hydrogen) atoms. The third-order valence-electron chi connectivity index (χ3n) is 1.88. The highest BCUT2D eigenvalue weighted by Gasteiger charge is 2.38. The second-order valence-corrected chi connectivity index (χ2v) is 7.83. The van der Waals surface area contributed by atoms with E-state index in [1.165, 1.54) is 30.1 Å². The Balaban J connectivity index is 1.76. The highest BCUT2D eigenvalue weighted by molar-refractivity contribution is 8.24. The van der Waals surface area contributed by atoms with E-state index in [9.17, 15) is 0 Å². The van der Waals surface area contributed by atoms with E-state index in [1.807, 2.05) is 17.8 Å². The van der Waals surface area contributed by atoms with Gasteiger partial charge in [0.05, 0.1) is 4.08 Å². The summed E-state index contributed by atoms with van der Waals surface area (Å²) in [5, 5.41) is 0. The van der Waals surface area contributed by atoms with Gasteiger partial charge in [-0.05, 0) is 31.3 Å². The monoisotopic (exact) mass is 234 g/mol. The molecule has 0 spiro atoms. The average molecular weight is 234 g/mol. The fraction of sp³-hybridized carbons (Fsp3) is 0.800. The maximum absolute atomic E-state index is 3.71. The van der Waals surface area contributed by atoms with Crippen LogP contribution in [0.5, 0.6) is 0 Å². The lowest BCUT2D eigenvalue weighted by Crippen LogP contribution is -1.96. The zero-order valence-electron chi connectivity index (χ0n) is 8.25. The maximum atomic E-state index is 3.71. The van der Waals surface area contributed by atoms with Gasteiger partial charge in [0.25, 0.3) is 0 Å². The van der Waals surface area contributed by atoms with Crippen LogP contribution in [0.4, 0.5) is 0 Å². The summed E-state index contributed by atoms with van der Waals surface area (Å²) in [6, 6.07) is 0. The van der Waals surface area contributed by atoms with Crippen LogP contribution in [0.3, 0.4) is 0 Å². The topological polar surface area (TPSA) is 0 Å². The standard InChI is InChI=1S/C10H18S3/c1-3-6-11-7-4-5-8-12-10(2)9-13-10/h3H,1,4-9H2,2H3. The first-order chi connectivity index (χ1) is 6.27. The molecular formula is C10H18S3. The molecule has 76 valence electrons. The fourth-order valence-corrected chi connectivity index (χ4v) is 3.76. The number of thioether (sulfide) groups is 3. The summed E-state index contributed by atoms with van der Waals surface area (Å²) in [5.41, 5.74) is 0. The summed E-state index contributed by atoms with van der Waals surface area (Å²) in [4.78, 5) is 0. The van der Waals surface area contributed by atoms with Crippen molar-refractivity contribution in [2.45, 2.75) is 23.8 Å². The molecule has 0 aliphatic carbocycles. The smallest absolute Gasteiger partial charge is 0.0674 e. The maximum Gasteiger partial charge on any atom is 0.0674 e. The van der Waals surface area contributed by atoms with E-state index >= 15 is 0 Å². The minimum absolute atomic E-state index is 0.605. The molecule has 1 fully saturated rings. The van der Waals surface area contributed by atoms with E-state index in [2.05, 4.69) is 37.0 Å². The molecule has 0 N–H and O–H groups in total. The highest BCUT2D eigenvalue weighted by atomic mass is 32.2. The highest BCUT2D eigenvalue weighted by Crippen LogP contribution is 2.53. The third-order valence-corrected chi connectivity index (χ3v) is 6.19. The molecule has 0 amide bonds. The largest absolute Gasteiger partial charge is 0.158 e. The Morgan fingerprint density at radius 1 is 1.46 bits per heavy atom. The lowest BCUT2D eigenvalue weighted by Gasteiger charge is -2.05. The molecule has 1 heterocycles. The second kappa shape index (κ2) is 6.31. The van der Waals surface area contributed by atoms with Crippen molar-refractivity contribution in [1.29, 1.82) is 0 Å². The van der Waals surface area contributed by atoms with Crippen molar-refractivity contribution < 1.29 is 0 Å². The Morgan fingerprint density at radius 3 is 2.77 bits per heavy atom. The first kappa shape index (κ1) is 11.9. The number of unbranched alkanes of at least 4 members (excludes halogenated alkanes) is 1. The van der Waals surface area contributed by atoms with Gasteiger partial charge in [-0.3, -0.25) is 0 Å². The Kier molecular flexibility index (Phi) is 5.75. The van der Waals surface area contributed by atoms with Crippen molar-refractivity contribution in [1.82, 2.24) is 0 Å². The summed E-state index contributed by atoms with van der Waals surface area (Å²) in [6.45, 7) is 6.06. The van der Waals surface area contributed by atoms with E-state index in [4.69, 9.17) is 0 Å². The first-order valence-electron chi connectivity index (χ1n) is 4.73. The summed E-state index contributed by atoms with van der Waals surface area (Å²) in [7, 11) is 0. The van der Waals surface area contributed by atoms with E-state index in [0.29, 0.717) is 4.08 Å². The molecule has 1 atom stereocenters. The first-order valence-corrected chi connectivity index (χ1v) is 7.86. The quantitative estimate of drug-likeness (QED) is 0.355. The van der Waals surface area contributed by atoms with Crippen molar-refractivity contribution in [2.75, 3.05) is 23.0 Å². The van der Waals surface area contributed by atoms with Crippen LogP contribution in [-0.2, 0) is 0 Å². The molecule has 0 saturated carbocycles. The van der Waals surface area contributed by atoms with Crippen LogP contribution in [0.25, 0.3) is 0 Å². The van der Waals surface area contributed by atoms with Gasteiger partial charge in [-0.25, -0.2) is 0 Å². The summed E-state index contributed by atoms with van der Waals surface area (Å²) >= 11 is 6.22. The number of rotatable bonds is 8. The molecule has 1 aliphatic rings. The van der Waals surface area contributed by atoms with Crippen LogP contribution in [0, 0.1) is 0 Å². The number of hydrogen-bond acceptors (Lipinski definition) is 3. The minimum Gasteiger partial charge on any atom is -0.158 e. The van der Waals surface area contributed by atoms with E-state index in [-0.39, 0.29) is 0 Å². The van der Waals surface area contributed by atoms with Gasteiger partial charge in [0.2, 0.25) is 0 Å². The summed E-state index contributed by atoms with van der Waals surface area (Å²) in [5.74, 6) is 5.12. The summed E-state index contributed by atoms with van der Waals surface area (Å²) < 4.78 is 0.605. The molecular weight excluding hydrogens is 216 g/mol. The molecule has 0 bridgehead atoms. The van der Waals surface area contributed by atoms with E-state index < -0.39 is 0 Å². The van der Waals surface area contributed by atoms with Gasteiger partial charge in [0, 0.05) is 11.5 Å². The Hall–Kier alpha value is 0.790. The predicted octanol–water partition coefficient (Wildman–Crippen LogP) is 3.88. The molecule has 1 aliphatic heterocycles. The van der Waals surface area contributed by atoms with Crippen LogP contribution in [-0.4, -0.2) is 27.1 Å². The third kappa shape index (κ3) is 5.97. The van der Waals surface area contributed by atoms with Crippen molar-refractivity contribution in [3.05, 3.63) is 12.7 Å². The molecule has 1 saturated heterocycles. The van der Waals surface area contributed by atoms with Crippen molar-refractivity contribution >= 4 is 35.3 Å². The van der Waals surface area contributed by atoms with Gasteiger partial charge in [0.1, 0.15) is 0 Å². The molecule has 0 aromatic carbocycles. The Labute approximate surface area is 94.7 Å². The van der Waals surface area contributed by atoms with Crippen LogP contribution in [0.15, 0.2) is 12.7 Å². The van der Waals surface area contributed by atoms with Gasteiger partial charge < -0.3 is 0 Å². The summed E-state index contributed by atoms with van der Waals surface area (Å²) in [6.07, 6.45) is 4.73. The van der Waals surface area contributed by atoms with Crippen molar-refractivity contribution in [2.24, 2.45) is 0 Å². The number of hydrogen-bond donors (Lipinski definition) is 0. The normalized spacial score (nSPS) is 25.9. The molecule has 1 unspecified atom stereocenters. The molecule has 0 aromatic rings. The van der Waals surface area contributed by atoms with Gasteiger partial charge in [-0.2, -0.15) is 11.8 Å². The average Bonchev–Trinajstić information content (AvgIpc) is 2.83. The van der Waals surface area contributed by atoms with E-state index in [1.54, 1.807) is 0 Å². The molecule has 0 aromatic heterocycles. The molecule has 1 rings (SSSR count). The molecule has 0 nitrogen and oxygen atoms in total. The molecule has 3 heteroatoms. The molecule has 0 radical (unpaired) electrons. The SMILES string of the molecule is C=CCSCCCCSC1(C)CS1. The zero-order valence-corrected chi connectivity index (χ0v) is 10.7. The zero-order chi connectivity index (χ0) is 9.57. The Bertz CT molecular complexity index is 152. The van der Waals surface area contributed by atoms with Crippen LogP contribution in [0.2, 0.25) is 0 Å². The van der Waals surface area contributed by atoms with Gasteiger partial charge in [-0.15, -0.1) is 30.1 Å². The predicted molar refractivity (Wildman–Crippen MR) is 70.1 cm³/mol. The van der Waals surface area contributed by atoms with E-state index in [0.717, 1.165) is 5.75 Å². The minimum atomic E-state index is 0.605. The van der Waals surface area contributed by atoms with Crippen molar-refractivity contribution in [3.8, 4) is 0 Å². The van der Waals surface area contributed by atoms with Crippen LogP contribution in [0.1, 0.15) is 19.8 Å². The lowest BCUT2D eigenvalue weighted by atomic mass is 10.4. The van der Waals surface area contributed by atoms with Gasteiger partial charge in [0.15, 0.2) is 0 Å². The van der Waals surface area contributed by atoms with Gasteiger partial charge >= 0.3 is 0 Å². The van der Waals surface area contributed by atoms with Crippen LogP contribution < -0.4 is 0 Å².